The van der Waals surface area contributed by atoms with Gasteiger partial charge in [-0.25, -0.2) is 9.59 Å². The topological polar surface area (TPSA) is 148 Å². The van der Waals surface area contributed by atoms with Crippen molar-refractivity contribution in [2.75, 3.05) is 33.3 Å². The van der Waals surface area contributed by atoms with Crippen molar-refractivity contribution in [3.05, 3.63) is 72.1 Å². The number of ether oxygens (including phenoxy) is 1. The first-order valence-electron chi connectivity index (χ1n) is 12.9. The lowest BCUT2D eigenvalue weighted by Gasteiger charge is -2.33. The summed E-state index contributed by atoms with van der Waals surface area (Å²) in [6.07, 6.45) is 6.60. The van der Waals surface area contributed by atoms with Crippen molar-refractivity contribution < 1.29 is 29.6 Å². The van der Waals surface area contributed by atoms with E-state index in [9.17, 15) is 5.11 Å². The average molecular weight is 535 g/mol. The number of hydrogen-bond acceptors (Lipinski definition) is 7. The van der Waals surface area contributed by atoms with Gasteiger partial charge in [-0.15, -0.1) is 0 Å². The van der Waals surface area contributed by atoms with Crippen molar-refractivity contribution in [3.63, 3.8) is 0 Å². The first-order chi connectivity index (χ1) is 18.9. The molecule has 5 rings (SSSR count). The van der Waals surface area contributed by atoms with Crippen molar-refractivity contribution >= 4 is 33.7 Å². The molecule has 10 heteroatoms. The summed E-state index contributed by atoms with van der Waals surface area (Å²) in [5.74, 6) is -2.87. The number of carboxylic acid groups (broad SMARTS) is 2. The number of methoxy groups -OCH3 is 1. The normalized spacial score (nSPS) is 15.0. The highest BCUT2D eigenvalue weighted by Crippen LogP contribution is 2.28. The minimum atomic E-state index is -1.82. The van der Waals surface area contributed by atoms with Crippen LogP contribution in [0.5, 0.6) is 5.75 Å². The molecular weight excluding hydrogens is 500 g/mol. The minimum absolute atomic E-state index is 0.537. The molecule has 0 spiro atoms. The summed E-state index contributed by atoms with van der Waals surface area (Å²) in [5.41, 5.74) is 4.38. The Bertz CT molecular complexity index is 1400. The van der Waals surface area contributed by atoms with E-state index < -0.39 is 18.0 Å². The molecule has 206 valence electrons. The van der Waals surface area contributed by atoms with Crippen molar-refractivity contribution in [2.24, 2.45) is 0 Å². The fraction of sp³-hybridized carbons (Fsp3) is 0.345. The van der Waals surface area contributed by atoms with Crippen molar-refractivity contribution in [2.45, 2.75) is 31.4 Å². The zero-order valence-corrected chi connectivity index (χ0v) is 21.8. The van der Waals surface area contributed by atoms with Gasteiger partial charge in [-0.1, -0.05) is 18.2 Å². The van der Waals surface area contributed by atoms with Gasteiger partial charge in [0.25, 0.3) is 0 Å². The second kappa shape index (κ2) is 13.2. The monoisotopic (exact) mass is 534 g/mol. The molecule has 10 nitrogen and oxygen atoms in total. The van der Waals surface area contributed by atoms with Gasteiger partial charge in [0.1, 0.15) is 5.75 Å². The molecule has 0 bridgehead atoms. The molecule has 1 saturated heterocycles. The Morgan fingerprint density at radius 1 is 1.10 bits per heavy atom. The number of H-pyrrole nitrogens is 1. The Labute approximate surface area is 226 Å². The number of hydrogen-bond donors (Lipinski definition) is 5. The Hall–Kier alpha value is -3.99. The van der Waals surface area contributed by atoms with Crippen LogP contribution in [0.25, 0.3) is 21.8 Å². The van der Waals surface area contributed by atoms with E-state index in [1.165, 1.54) is 16.5 Å². The number of nitrogens with zero attached hydrogens (tertiary/aromatic N) is 2. The summed E-state index contributed by atoms with van der Waals surface area (Å²) in [6.45, 7) is 3.61. The Morgan fingerprint density at radius 2 is 1.85 bits per heavy atom. The molecule has 0 radical (unpaired) electrons. The maximum Gasteiger partial charge on any atom is 0.414 e. The maximum absolute atomic E-state index is 11.0. The number of fused-ring (bicyclic) bond motifs is 2. The van der Waals surface area contributed by atoms with Crippen LogP contribution in [0, 0.1) is 0 Å². The fourth-order valence-corrected chi connectivity index (χ4v) is 4.98. The summed E-state index contributed by atoms with van der Waals surface area (Å²) in [5, 5.41) is 31.8. The van der Waals surface area contributed by atoms with Gasteiger partial charge in [-0.05, 0) is 80.4 Å². The van der Waals surface area contributed by atoms with Gasteiger partial charge in [0, 0.05) is 41.3 Å². The number of aliphatic hydroxyl groups excluding tert-OH is 1. The number of aromatic amines is 1. The lowest BCUT2D eigenvalue weighted by Crippen LogP contribution is -2.44. The molecule has 0 amide bonds. The van der Waals surface area contributed by atoms with Crippen LogP contribution in [0.15, 0.2) is 60.9 Å². The quantitative estimate of drug-likeness (QED) is 0.215. The summed E-state index contributed by atoms with van der Waals surface area (Å²) in [7, 11) is 1.66. The third kappa shape index (κ3) is 7.32. The number of para-hydroxylation sites is 1. The third-order valence-corrected chi connectivity index (χ3v) is 7.05. The number of pyridine rings is 1. The number of benzene rings is 2. The van der Waals surface area contributed by atoms with Crippen LogP contribution < -0.4 is 10.1 Å². The lowest BCUT2D eigenvalue weighted by atomic mass is 10.0. The number of nitrogens with one attached hydrogen (secondary N) is 2. The zero-order valence-electron chi connectivity index (χ0n) is 21.8. The van der Waals surface area contributed by atoms with Gasteiger partial charge < -0.3 is 35.3 Å². The first kappa shape index (κ1) is 28.0. The minimum Gasteiger partial charge on any atom is -0.497 e. The average Bonchev–Trinajstić information content (AvgIpc) is 3.36. The van der Waals surface area contributed by atoms with E-state index in [0.717, 1.165) is 61.1 Å². The van der Waals surface area contributed by atoms with Crippen molar-refractivity contribution in [1.29, 1.82) is 0 Å². The number of piperidine rings is 1. The van der Waals surface area contributed by atoms with Crippen LogP contribution in [0.4, 0.5) is 0 Å². The third-order valence-electron chi connectivity index (χ3n) is 7.05. The number of likely N-dealkylation sites (tertiary alicyclic amines) is 1. The zero-order chi connectivity index (χ0) is 27.8. The number of carbonyl (C=O) groups is 2. The molecule has 1 fully saturated rings. The lowest BCUT2D eigenvalue weighted by molar-refractivity contribution is -0.159. The van der Waals surface area contributed by atoms with Gasteiger partial charge >= 0.3 is 11.9 Å². The highest BCUT2D eigenvalue weighted by Gasteiger charge is 2.22. The van der Waals surface area contributed by atoms with Crippen LogP contribution in [-0.4, -0.2) is 81.5 Å². The molecule has 0 saturated carbocycles. The van der Waals surface area contributed by atoms with E-state index in [1.54, 1.807) is 13.3 Å². The SMILES string of the molecule is COc1ccc2nccc([C@@H](O)CN3CCC(NCCc4c[nH]c5ccccc45)CC3)c2c1.O=C(O)C(=O)O. The molecule has 3 heterocycles. The summed E-state index contributed by atoms with van der Waals surface area (Å²) in [4.78, 5) is 28.4. The highest BCUT2D eigenvalue weighted by atomic mass is 16.5. The largest absolute Gasteiger partial charge is 0.497 e. The molecule has 1 aliphatic rings. The molecule has 0 aliphatic carbocycles. The molecule has 0 unspecified atom stereocenters. The van der Waals surface area contributed by atoms with Crippen LogP contribution >= 0.6 is 0 Å². The summed E-state index contributed by atoms with van der Waals surface area (Å²) in [6, 6.07) is 16.8. The van der Waals surface area contributed by atoms with E-state index in [1.807, 2.05) is 24.3 Å². The first-order valence-corrected chi connectivity index (χ1v) is 12.9. The van der Waals surface area contributed by atoms with E-state index in [4.69, 9.17) is 24.5 Å². The summed E-state index contributed by atoms with van der Waals surface area (Å²) >= 11 is 0. The van der Waals surface area contributed by atoms with Crippen molar-refractivity contribution in [1.82, 2.24) is 20.2 Å². The molecule has 5 N–H and O–H groups in total. The predicted octanol–water partition coefficient (Wildman–Crippen LogP) is 3.21. The van der Waals surface area contributed by atoms with E-state index >= 15 is 0 Å². The summed E-state index contributed by atoms with van der Waals surface area (Å²) < 4.78 is 5.37. The number of rotatable bonds is 8. The van der Waals surface area contributed by atoms with Gasteiger partial charge in [0.15, 0.2) is 0 Å². The van der Waals surface area contributed by atoms with E-state index in [-0.39, 0.29) is 0 Å². The smallest absolute Gasteiger partial charge is 0.414 e. The van der Waals surface area contributed by atoms with Gasteiger partial charge in [-0.2, -0.15) is 0 Å². The van der Waals surface area contributed by atoms with Crippen molar-refractivity contribution in [3.8, 4) is 5.75 Å². The molecule has 1 atom stereocenters. The Morgan fingerprint density at radius 3 is 2.56 bits per heavy atom. The van der Waals surface area contributed by atoms with Gasteiger partial charge in [0.05, 0.1) is 18.7 Å². The maximum atomic E-state index is 11.0. The fourth-order valence-electron chi connectivity index (χ4n) is 4.98. The number of carboxylic acids is 2. The van der Waals surface area contributed by atoms with Gasteiger partial charge in [-0.3, -0.25) is 4.98 Å². The standard InChI is InChI=1S/C27H32N4O2.C2H2O4/c1-33-21-6-7-26-24(16-21)23(9-13-29-26)27(32)18-31-14-10-20(11-15-31)28-12-8-19-17-30-25-5-3-2-4-22(19)25;3-1(4)2(5)6/h2-7,9,13,16-17,20,27-28,30,32H,8,10-12,14-15,18H2,1H3;(H,3,4)(H,5,6)/t27-;/m0./s1. The Kier molecular flexibility index (Phi) is 9.48. The van der Waals surface area contributed by atoms with Crippen LogP contribution in [0.2, 0.25) is 0 Å². The van der Waals surface area contributed by atoms with E-state index in [0.29, 0.717) is 12.6 Å². The molecule has 2 aromatic heterocycles. The van der Waals surface area contributed by atoms with Crippen LogP contribution in [0.1, 0.15) is 30.1 Å². The Balaban J connectivity index is 0.000000531. The van der Waals surface area contributed by atoms with E-state index in [2.05, 4.69) is 50.6 Å². The molecule has 39 heavy (non-hydrogen) atoms. The highest BCUT2D eigenvalue weighted by molar-refractivity contribution is 6.27. The number of aromatic nitrogens is 2. The molecular formula is C29H34N4O6. The van der Waals surface area contributed by atoms with Gasteiger partial charge in [0.2, 0.25) is 0 Å². The van der Waals surface area contributed by atoms with Crippen LogP contribution in [-0.2, 0) is 16.0 Å². The number of aliphatic carboxylic acids is 2. The second-order valence-corrected chi connectivity index (χ2v) is 9.55. The number of aliphatic hydroxyl groups is 1. The second-order valence-electron chi connectivity index (χ2n) is 9.55. The van der Waals surface area contributed by atoms with Crippen LogP contribution in [0.3, 0.4) is 0 Å². The molecule has 4 aromatic rings. The molecule has 2 aromatic carbocycles. The predicted molar refractivity (Wildman–Crippen MR) is 148 cm³/mol. The molecule has 1 aliphatic heterocycles. The number of β-amino-alcohol motifs (C(OH)–C–C–N with tert-alkyl or cyclic N) is 1.